The Kier molecular flexibility index (Phi) is 6.92. The third-order valence-electron chi connectivity index (χ3n) is 3.64. The number of ether oxygens (including phenoxy) is 1. The van der Waals surface area contributed by atoms with Crippen LogP contribution in [0.1, 0.15) is 37.8 Å². The van der Waals surface area contributed by atoms with E-state index in [0.717, 1.165) is 19.4 Å². The van der Waals surface area contributed by atoms with Crippen LogP contribution >= 0.6 is 12.4 Å². The van der Waals surface area contributed by atoms with E-state index in [4.69, 9.17) is 4.74 Å². The summed E-state index contributed by atoms with van der Waals surface area (Å²) >= 11 is 0. The van der Waals surface area contributed by atoms with Gasteiger partial charge in [-0.2, -0.15) is 0 Å². The second-order valence-electron chi connectivity index (χ2n) is 5.14. The summed E-state index contributed by atoms with van der Waals surface area (Å²) in [6.07, 6.45) is 2.56. The number of nitrogens with one attached hydrogen (secondary N) is 2. The molecule has 118 valence electrons. The van der Waals surface area contributed by atoms with Crippen LogP contribution in [-0.4, -0.2) is 25.6 Å². The molecule has 2 atom stereocenters. The maximum absolute atomic E-state index is 13.9. The number of carbonyl (C=O) groups is 1. The van der Waals surface area contributed by atoms with E-state index in [2.05, 4.69) is 10.6 Å². The fourth-order valence-electron chi connectivity index (χ4n) is 2.64. The second-order valence-corrected chi connectivity index (χ2v) is 5.14. The zero-order valence-corrected chi connectivity index (χ0v) is 13.1. The molecule has 6 heteroatoms. The Bertz CT molecular complexity index is 479. The highest BCUT2D eigenvalue weighted by Crippen LogP contribution is 2.27. The third kappa shape index (κ3) is 4.58. The third-order valence-corrected chi connectivity index (χ3v) is 3.64. The van der Waals surface area contributed by atoms with Crippen molar-refractivity contribution in [2.24, 2.45) is 0 Å². The topological polar surface area (TPSA) is 50.4 Å². The molecule has 2 rings (SSSR count). The lowest BCUT2D eigenvalue weighted by Crippen LogP contribution is -2.33. The van der Waals surface area contributed by atoms with E-state index < -0.39 is 6.04 Å². The number of halogens is 2. The van der Waals surface area contributed by atoms with E-state index in [-0.39, 0.29) is 30.2 Å². The van der Waals surface area contributed by atoms with Gasteiger partial charge in [0.15, 0.2) is 0 Å². The molecule has 4 nitrogen and oxygen atoms in total. The molecule has 2 N–H and O–H groups in total. The number of rotatable bonds is 5. The van der Waals surface area contributed by atoms with Crippen molar-refractivity contribution in [3.05, 3.63) is 29.6 Å². The smallest absolute Gasteiger partial charge is 0.222 e. The zero-order valence-electron chi connectivity index (χ0n) is 12.3. The molecular weight excluding hydrogens is 295 g/mol. The molecule has 1 fully saturated rings. The van der Waals surface area contributed by atoms with Crippen LogP contribution in [0.5, 0.6) is 5.75 Å². The quantitative estimate of drug-likeness (QED) is 0.878. The summed E-state index contributed by atoms with van der Waals surface area (Å²) in [6, 6.07) is 4.48. The molecule has 0 spiro atoms. The maximum Gasteiger partial charge on any atom is 0.222 e. The fourth-order valence-corrected chi connectivity index (χ4v) is 2.64. The Morgan fingerprint density at radius 2 is 2.33 bits per heavy atom. The van der Waals surface area contributed by atoms with Crippen molar-refractivity contribution in [2.75, 3.05) is 13.7 Å². The van der Waals surface area contributed by atoms with Crippen molar-refractivity contribution < 1.29 is 13.9 Å². The van der Waals surface area contributed by atoms with Crippen LogP contribution in [0.3, 0.4) is 0 Å². The lowest BCUT2D eigenvalue weighted by molar-refractivity contribution is -0.122. The van der Waals surface area contributed by atoms with E-state index in [1.807, 2.05) is 0 Å². The summed E-state index contributed by atoms with van der Waals surface area (Å²) in [5.74, 6) is 0.0233. The predicted octanol–water partition coefficient (Wildman–Crippen LogP) is 2.58. The van der Waals surface area contributed by atoms with Crippen LogP contribution in [0, 0.1) is 5.82 Å². The van der Waals surface area contributed by atoms with Crippen LogP contribution in [0.15, 0.2) is 18.2 Å². The van der Waals surface area contributed by atoms with E-state index in [0.29, 0.717) is 17.7 Å². The number of carbonyl (C=O) groups excluding carboxylic acids is 1. The standard InChI is InChI=1S/C15H21FN2O2.ClH/c1-10(15-12(16)6-3-7-13(15)20-2)18-14(19)9-11-5-4-8-17-11;/h3,6-7,10-11,17H,4-5,8-9H2,1-2H3,(H,18,19);1H. The highest BCUT2D eigenvalue weighted by Gasteiger charge is 2.21. The maximum atomic E-state index is 13.9. The first-order valence-corrected chi connectivity index (χ1v) is 6.97. The lowest BCUT2D eigenvalue weighted by atomic mass is 10.1. The molecule has 0 aliphatic carbocycles. The number of benzene rings is 1. The second kappa shape index (κ2) is 8.20. The van der Waals surface area contributed by atoms with Gasteiger partial charge in [0.05, 0.1) is 18.7 Å². The Hall–Kier alpha value is -1.33. The first-order valence-electron chi connectivity index (χ1n) is 6.97. The molecule has 1 aliphatic rings. The van der Waals surface area contributed by atoms with Crippen LogP contribution in [-0.2, 0) is 4.79 Å². The van der Waals surface area contributed by atoms with E-state index in [1.54, 1.807) is 19.1 Å². The van der Waals surface area contributed by atoms with E-state index >= 15 is 0 Å². The van der Waals surface area contributed by atoms with Gasteiger partial charge in [-0.05, 0) is 38.4 Å². The average molecular weight is 317 g/mol. The normalized spacial score (nSPS) is 18.7. The Morgan fingerprint density at radius 1 is 1.57 bits per heavy atom. The van der Waals surface area contributed by atoms with Gasteiger partial charge in [0.1, 0.15) is 11.6 Å². The number of hydrogen-bond donors (Lipinski definition) is 2. The van der Waals surface area contributed by atoms with E-state index in [9.17, 15) is 9.18 Å². The van der Waals surface area contributed by atoms with E-state index in [1.165, 1.54) is 13.2 Å². The van der Waals surface area contributed by atoms with Crippen LogP contribution in [0.4, 0.5) is 4.39 Å². The molecule has 1 aliphatic heterocycles. The lowest BCUT2D eigenvalue weighted by Gasteiger charge is -2.19. The Balaban J connectivity index is 0.00000220. The molecule has 0 radical (unpaired) electrons. The molecule has 1 saturated heterocycles. The number of hydrogen-bond acceptors (Lipinski definition) is 3. The summed E-state index contributed by atoms with van der Waals surface area (Å²) in [6.45, 7) is 2.73. The van der Waals surface area contributed by atoms with Gasteiger partial charge in [0.25, 0.3) is 0 Å². The average Bonchev–Trinajstić information content (AvgIpc) is 2.90. The monoisotopic (exact) mass is 316 g/mol. The van der Waals surface area contributed by atoms with Gasteiger partial charge in [-0.25, -0.2) is 4.39 Å². The van der Waals surface area contributed by atoms with Gasteiger partial charge in [-0.3, -0.25) is 4.79 Å². The molecule has 21 heavy (non-hydrogen) atoms. The van der Waals surface area contributed by atoms with Crippen molar-refractivity contribution in [3.8, 4) is 5.75 Å². The summed E-state index contributed by atoms with van der Waals surface area (Å²) < 4.78 is 19.1. The van der Waals surface area contributed by atoms with Gasteiger partial charge in [-0.1, -0.05) is 6.07 Å². The van der Waals surface area contributed by atoms with Gasteiger partial charge in [0.2, 0.25) is 5.91 Å². The van der Waals surface area contributed by atoms with Gasteiger partial charge >= 0.3 is 0 Å². The minimum atomic E-state index is -0.417. The first kappa shape index (κ1) is 17.7. The van der Waals surface area contributed by atoms with Crippen molar-refractivity contribution in [2.45, 2.75) is 38.3 Å². The molecule has 0 bridgehead atoms. The number of amides is 1. The van der Waals surface area contributed by atoms with Crippen LogP contribution < -0.4 is 15.4 Å². The summed E-state index contributed by atoms with van der Waals surface area (Å²) in [4.78, 5) is 12.0. The summed E-state index contributed by atoms with van der Waals surface area (Å²) in [5.41, 5.74) is 0.391. The highest BCUT2D eigenvalue weighted by molar-refractivity contribution is 5.85. The molecular formula is C15H22ClFN2O2. The highest BCUT2D eigenvalue weighted by atomic mass is 35.5. The Morgan fingerprint density at radius 3 is 2.95 bits per heavy atom. The fraction of sp³-hybridized carbons (Fsp3) is 0.533. The van der Waals surface area contributed by atoms with Crippen molar-refractivity contribution in [1.82, 2.24) is 10.6 Å². The first-order chi connectivity index (χ1) is 9.61. The molecule has 1 heterocycles. The minimum absolute atomic E-state index is 0. The van der Waals surface area contributed by atoms with Crippen molar-refractivity contribution >= 4 is 18.3 Å². The van der Waals surface area contributed by atoms with Gasteiger partial charge in [-0.15, -0.1) is 12.4 Å². The SMILES string of the molecule is COc1cccc(F)c1C(C)NC(=O)CC1CCCN1.Cl. The molecule has 2 unspecified atom stereocenters. The molecule has 1 aromatic carbocycles. The Labute approximate surface area is 130 Å². The largest absolute Gasteiger partial charge is 0.496 e. The molecule has 1 aromatic rings. The molecule has 1 amide bonds. The van der Waals surface area contributed by atoms with Gasteiger partial charge in [0, 0.05) is 12.5 Å². The summed E-state index contributed by atoms with van der Waals surface area (Å²) in [5, 5.41) is 6.11. The van der Waals surface area contributed by atoms with Crippen LogP contribution in [0.2, 0.25) is 0 Å². The van der Waals surface area contributed by atoms with Crippen molar-refractivity contribution in [3.63, 3.8) is 0 Å². The minimum Gasteiger partial charge on any atom is -0.496 e. The van der Waals surface area contributed by atoms with Gasteiger partial charge < -0.3 is 15.4 Å². The zero-order chi connectivity index (χ0) is 14.5. The summed E-state index contributed by atoms with van der Waals surface area (Å²) in [7, 11) is 1.50. The molecule has 0 aromatic heterocycles. The van der Waals surface area contributed by atoms with Crippen molar-refractivity contribution in [1.29, 1.82) is 0 Å². The predicted molar refractivity (Wildman–Crippen MR) is 82.4 cm³/mol. The van der Waals surface area contributed by atoms with Crippen LogP contribution in [0.25, 0.3) is 0 Å². The molecule has 0 saturated carbocycles. The number of methoxy groups -OCH3 is 1.